The van der Waals surface area contributed by atoms with E-state index in [-0.39, 0.29) is 11.6 Å². The zero-order chi connectivity index (χ0) is 20.8. The second-order valence-corrected chi connectivity index (χ2v) is 8.30. The summed E-state index contributed by atoms with van der Waals surface area (Å²) in [7, 11) is 0. The summed E-state index contributed by atoms with van der Waals surface area (Å²) in [6.45, 7) is 7.11. The molecule has 0 unspecified atom stereocenters. The minimum Gasteiger partial charge on any atom is -0.314 e. The summed E-state index contributed by atoms with van der Waals surface area (Å²) in [5.41, 5.74) is 4.69. The van der Waals surface area contributed by atoms with Crippen LogP contribution in [0.5, 0.6) is 0 Å². The third-order valence-electron chi connectivity index (χ3n) is 6.14. The van der Waals surface area contributed by atoms with Crippen LogP contribution in [0.25, 0.3) is 27.7 Å². The summed E-state index contributed by atoms with van der Waals surface area (Å²) in [4.78, 5) is 17.7. The molecule has 0 radical (unpaired) electrons. The fraction of sp³-hybridized carbons (Fsp3) is 0.391. The fourth-order valence-corrected chi connectivity index (χ4v) is 4.49. The molecule has 1 aliphatic heterocycles. The lowest BCUT2D eigenvalue weighted by Crippen LogP contribution is -2.41. The van der Waals surface area contributed by atoms with Crippen molar-refractivity contribution in [2.24, 2.45) is 0 Å². The van der Waals surface area contributed by atoms with Gasteiger partial charge in [0.2, 0.25) is 0 Å². The molecule has 0 amide bonds. The lowest BCUT2D eigenvalue weighted by molar-refractivity contribution is 0.273. The van der Waals surface area contributed by atoms with Gasteiger partial charge < -0.3 is 5.32 Å². The topological polar surface area (TPSA) is 77.1 Å². The number of aryl methyl sites for hydroxylation is 2. The molecule has 5 rings (SSSR count). The van der Waals surface area contributed by atoms with Gasteiger partial charge in [-0.15, -0.1) is 0 Å². The number of nitrogens with one attached hydrogen (secondary N) is 1. The molecule has 0 spiro atoms. The van der Waals surface area contributed by atoms with Crippen molar-refractivity contribution in [2.45, 2.75) is 52.1 Å². The second kappa shape index (κ2) is 7.32. The van der Waals surface area contributed by atoms with Crippen molar-refractivity contribution < 1.29 is 0 Å². The molecule has 1 aromatic carbocycles. The summed E-state index contributed by atoms with van der Waals surface area (Å²) in [6.07, 6.45) is 6.68. The molecule has 0 aliphatic carbocycles. The highest BCUT2D eigenvalue weighted by molar-refractivity contribution is 5.85. The maximum Gasteiger partial charge on any atom is 0.274 e. The van der Waals surface area contributed by atoms with E-state index < -0.39 is 0 Å². The van der Waals surface area contributed by atoms with Crippen LogP contribution in [-0.2, 0) is 0 Å². The smallest absolute Gasteiger partial charge is 0.274 e. The Labute approximate surface area is 174 Å². The molecule has 1 saturated heterocycles. The van der Waals surface area contributed by atoms with E-state index in [2.05, 4.69) is 22.3 Å². The molecule has 0 saturated carbocycles. The molecular weight excluding hydrogens is 376 g/mol. The van der Waals surface area contributed by atoms with Crippen LogP contribution >= 0.6 is 0 Å². The number of piperidine rings is 1. The first-order valence-corrected chi connectivity index (χ1v) is 10.6. The van der Waals surface area contributed by atoms with Crippen LogP contribution in [0.15, 0.2) is 41.5 Å². The number of aromatic nitrogens is 5. The Hall–Kier alpha value is -3.06. The van der Waals surface area contributed by atoms with E-state index in [1.54, 1.807) is 4.68 Å². The summed E-state index contributed by atoms with van der Waals surface area (Å²) < 4.78 is 3.51. The second-order valence-electron chi connectivity index (χ2n) is 8.30. The van der Waals surface area contributed by atoms with Crippen molar-refractivity contribution >= 4 is 16.4 Å². The first-order chi connectivity index (χ1) is 14.5. The van der Waals surface area contributed by atoms with Crippen LogP contribution in [-0.4, -0.2) is 37.0 Å². The third-order valence-corrected chi connectivity index (χ3v) is 6.14. The van der Waals surface area contributed by atoms with E-state index in [9.17, 15) is 4.79 Å². The number of fused-ring (bicyclic) bond motifs is 2. The summed E-state index contributed by atoms with van der Waals surface area (Å²) >= 11 is 0. The van der Waals surface area contributed by atoms with Gasteiger partial charge in [-0.1, -0.05) is 13.0 Å². The predicted octanol–water partition coefficient (Wildman–Crippen LogP) is 3.43. The Morgan fingerprint density at radius 1 is 1.23 bits per heavy atom. The number of benzene rings is 1. The van der Waals surface area contributed by atoms with Crippen LogP contribution in [0.2, 0.25) is 0 Å². The minimum atomic E-state index is -0.00868. The van der Waals surface area contributed by atoms with Gasteiger partial charge in [0, 0.05) is 17.0 Å². The van der Waals surface area contributed by atoms with E-state index >= 15 is 0 Å². The van der Waals surface area contributed by atoms with Crippen molar-refractivity contribution in [2.75, 3.05) is 6.54 Å². The Morgan fingerprint density at radius 3 is 2.93 bits per heavy atom. The van der Waals surface area contributed by atoms with E-state index in [0.717, 1.165) is 59.4 Å². The number of nitrogens with zero attached hydrogens (tertiary/aromatic N) is 5. The molecule has 3 aromatic heterocycles. The Balaban J connectivity index is 1.55. The third kappa shape index (κ3) is 3.19. The van der Waals surface area contributed by atoms with Gasteiger partial charge in [-0.05, 0) is 63.4 Å². The van der Waals surface area contributed by atoms with Gasteiger partial charge in [0.1, 0.15) is 0 Å². The van der Waals surface area contributed by atoms with Gasteiger partial charge in [-0.2, -0.15) is 10.2 Å². The molecule has 4 heterocycles. The normalized spacial score (nSPS) is 19.6. The molecular formula is C23H26N6O. The number of hydrogen-bond donors (Lipinski definition) is 1. The quantitative estimate of drug-likeness (QED) is 0.568. The molecule has 7 heteroatoms. The minimum absolute atomic E-state index is 0.00868. The van der Waals surface area contributed by atoms with Gasteiger partial charge in [-0.25, -0.2) is 14.2 Å². The van der Waals surface area contributed by atoms with E-state index in [4.69, 9.17) is 5.10 Å². The van der Waals surface area contributed by atoms with Crippen molar-refractivity contribution in [3.05, 3.63) is 58.3 Å². The Kier molecular flexibility index (Phi) is 4.62. The van der Waals surface area contributed by atoms with E-state index in [0.29, 0.717) is 11.4 Å². The molecule has 1 N–H and O–H groups in total. The van der Waals surface area contributed by atoms with Crippen molar-refractivity contribution in [1.29, 1.82) is 0 Å². The number of hydrogen-bond acceptors (Lipinski definition) is 5. The highest BCUT2D eigenvalue weighted by Gasteiger charge is 2.23. The average Bonchev–Trinajstić information content (AvgIpc) is 3.14. The highest BCUT2D eigenvalue weighted by Crippen LogP contribution is 2.25. The van der Waals surface area contributed by atoms with Gasteiger partial charge in [0.05, 0.1) is 35.2 Å². The average molecular weight is 403 g/mol. The maximum atomic E-state index is 13.2. The standard InChI is InChI=1S/C23H26N6O/c1-4-18-11-19(7-8-24-18)29-23(30)20-6-5-16(10-17(20)12-25-29)21-9-14(2)22-26-15(3)13-28(22)27-21/h5-6,9-10,12-13,18-19,24H,4,7-8,11H2,1-3H3/t18-,19-/m1/s1. The Morgan fingerprint density at radius 2 is 2.10 bits per heavy atom. The van der Waals surface area contributed by atoms with Crippen LogP contribution in [0.4, 0.5) is 0 Å². The monoisotopic (exact) mass is 402 g/mol. The molecule has 30 heavy (non-hydrogen) atoms. The molecule has 1 aliphatic rings. The van der Waals surface area contributed by atoms with Crippen LogP contribution in [0.1, 0.15) is 43.5 Å². The van der Waals surface area contributed by atoms with E-state index in [1.807, 2.05) is 55.0 Å². The van der Waals surface area contributed by atoms with E-state index in [1.165, 1.54) is 0 Å². The number of rotatable bonds is 3. The number of imidazole rings is 1. The van der Waals surface area contributed by atoms with Crippen LogP contribution in [0, 0.1) is 13.8 Å². The summed E-state index contributed by atoms with van der Waals surface area (Å²) in [5.74, 6) is 0. The fourth-order valence-electron chi connectivity index (χ4n) is 4.49. The molecule has 2 atom stereocenters. The molecule has 4 aromatic rings. The molecule has 7 nitrogen and oxygen atoms in total. The lowest BCUT2D eigenvalue weighted by Gasteiger charge is -2.30. The first kappa shape index (κ1) is 18.9. The molecule has 0 bridgehead atoms. The largest absolute Gasteiger partial charge is 0.314 e. The maximum absolute atomic E-state index is 13.2. The van der Waals surface area contributed by atoms with Gasteiger partial charge in [0.15, 0.2) is 5.65 Å². The molecule has 1 fully saturated rings. The first-order valence-electron chi connectivity index (χ1n) is 10.6. The van der Waals surface area contributed by atoms with Crippen LogP contribution < -0.4 is 10.9 Å². The SMILES string of the molecule is CC[C@@H]1C[C@H](n2ncc3cc(-c4cc(C)c5nc(C)cn5n4)ccc3c2=O)CCN1. The van der Waals surface area contributed by atoms with Crippen LogP contribution in [0.3, 0.4) is 0 Å². The molecule has 154 valence electrons. The van der Waals surface area contributed by atoms with Gasteiger partial charge >= 0.3 is 0 Å². The summed E-state index contributed by atoms with van der Waals surface area (Å²) in [5, 5.41) is 14.3. The predicted molar refractivity (Wildman–Crippen MR) is 118 cm³/mol. The van der Waals surface area contributed by atoms with Gasteiger partial charge in [-0.3, -0.25) is 4.79 Å². The lowest BCUT2D eigenvalue weighted by atomic mass is 9.97. The van der Waals surface area contributed by atoms with Crippen molar-refractivity contribution in [1.82, 2.24) is 29.7 Å². The van der Waals surface area contributed by atoms with Crippen molar-refractivity contribution in [3.8, 4) is 11.3 Å². The highest BCUT2D eigenvalue weighted by atomic mass is 16.1. The zero-order valence-corrected chi connectivity index (χ0v) is 17.6. The van der Waals surface area contributed by atoms with Gasteiger partial charge in [0.25, 0.3) is 5.56 Å². The zero-order valence-electron chi connectivity index (χ0n) is 17.6. The Bertz CT molecular complexity index is 1300. The van der Waals surface area contributed by atoms with Crippen molar-refractivity contribution in [3.63, 3.8) is 0 Å². The summed E-state index contributed by atoms with van der Waals surface area (Å²) in [6, 6.07) is 8.53.